The zero-order valence-electron chi connectivity index (χ0n) is 9.98. The largest absolute Gasteiger partial charge is 0.328 e. The van der Waals surface area contributed by atoms with Gasteiger partial charge in [0.1, 0.15) is 4.90 Å². The number of H-pyrrole nitrogens is 1. The molecule has 1 heterocycles. The van der Waals surface area contributed by atoms with Crippen LogP contribution in [0.1, 0.15) is 5.56 Å². The molecule has 2 aromatic rings. The topological polar surface area (TPSA) is 79.0 Å². The Kier molecular flexibility index (Phi) is 3.95. The van der Waals surface area contributed by atoms with Crippen LogP contribution in [0.3, 0.4) is 0 Å². The minimum absolute atomic E-state index is 0.0164. The average molecular weight is 390 g/mol. The van der Waals surface area contributed by atoms with Crippen LogP contribution >= 0.6 is 22.6 Å². The Bertz CT molecular complexity index is 748. The number of aryl methyl sites for hydroxylation is 1. The molecule has 0 bridgehead atoms. The molecule has 0 aliphatic heterocycles. The van der Waals surface area contributed by atoms with Gasteiger partial charge >= 0.3 is 0 Å². The van der Waals surface area contributed by atoms with Gasteiger partial charge in [0, 0.05) is 21.5 Å². The van der Waals surface area contributed by atoms with E-state index in [-0.39, 0.29) is 10.5 Å². The molecular weight excluding hydrogens is 379 g/mol. The van der Waals surface area contributed by atoms with Crippen LogP contribution in [0.5, 0.6) is 0 Å². The summed E-state index contributed by atoms with van der Waals surface area (Å²) in [5, 5.41) is 0. The molecule has 0 fully saturated rings. The van der Waals surface area contributed by atoms with Crippen LogP contribution in [0.15, 0.2) is 46.2 Å². The first-order chi connectivity index (χ1) is 8.88. The summed E-state index contributed by atoms with van der Waals surface area (Å²) >= 11 is 2.14. The lowest BCUT2D eigenvalue weighted by Crippen LogP contribution is -2.15. The van der Waals surface area contributed by atoms with E-state index < -0.39 is 10.0 Å². The number of aromatic amines is 1. The van der Waals surface area contributed by atoms with E-state index in [9.17, 15) is 13.2 Å². The average Bonchev–Trinajstić information content (AvgIpc) is 2.34. The fourth-order valence-electron chi connectivity index (χ4n) is 1.43. The maximum absolute atomic E-state index is 12.1. The maximum atomic E-state index is 12.1. The van der Waals surface area contributed by atoms with E-state index in [1.165, 1.54) is 18.3 Å². The molecule has 7 heteroatoms. The lowest BCUT2D eigenvalue weighted by molar-refractivity contribution is 0.600. The quantitative estimate of drug-likeness (QED) is 0.788. The second kappa shape index (κ2) is 5.33. The molecule has 0 atom stereocenters. The molecule has 19 heavy (non-hydrogen) atoms. The number of hydrogen-bond acceptors (Lipinski definition) is 3. The number of aromatic nitrogens is 1. The van der Waals surface area contributed by atoms with Gasteiger partial charge in [-0.15, -0.1) is 0 Å². The molecule has 0 amide bonds. The minimum Gasteiger partial charge on any atom is -0.328 e. The van der Waals surface area contributed by atoms with E-state index in [0.29, 0.717) is 5.69 Å². The number of halogens is 1. The molecule has 2 N–H and O–H groups in total. The van der Waals surface area contributed by atoms with Crippen LogP contribution in [0.2, 0.25) is 0 Å². The fourth-order valence-corrected chi connectivity index (χ4v) is 2.97. The van der Waals surface area contributed by atoms with Gasteiger partial charge in [-0.1, -0.05) is 6.07 Å². The summed E-state index contributed by atoms with van der Waals surface area (Å²) in [5.74, 6) is 0. The maximum Gasteiger partial charge on any atom is 0.263 e. The molecule has 5 nitrogen and oxygen atoms in total. The van der Waals surface area contributed by atoms with Crippen molar-refractivity contribution in [2.75, 3.05) is 4.72 Å². The van der Waals surface area contributed by atoms with Crippen molar-refractivity contribution in [1.82, 2.24) is 4.98 Å². The van der Waals surface area contributed by atoms with Gasteiger partial charge in [-0.25, -0.2) is 8.42 Å². The minimum atomic E-state index is -3.68. The Balaban J connectivity index is 2.33. The van der Waals surface area contributed by atoms with E-state index in [2.05, 4.69) is 32.3 Å². The van der Waals surface area contributed by atoms with E-state index in [0.717, 1.165) is 9.13 Å². The molecule has 2 rings (SSSR count). The van der Waals surface area contributed by atoms with Crippen molar-refractivity contribution in [2.24, 2.45) is 0 Å². The highest BCUT2D eigenvalue weighted by Gasteiger charge is 2.14. The first-order valence-corrected chi connectivity index (χ1v) is 7.92. The van der Waals surface area contributed by atoms with Crippen molar-refractivity contribution in [3.8, 4) is 0 Å². The molecule has 0 radical (unpaired) electrons. The Morgan fingerprint density at radius 3 is 2.53 bits per heavy atom. The predicted octanol–water partition coefficient (Wildman–Crippen LogP) is 2.09. The molecule has 100 valence electrons. The van der Waals surface area contributed by atoms with E-state index >= 15 is 0 Å². The third kappa shape index (κ3) is 3.35. The van der Waals surface area contributed by atoms with Crippen molar-refractivity contribution in [3.05, 3.63) is 56.0 Å². The van der Waals surface area contributed by atoms with Crippen molar-refractivity contribution >= 4 is 38.3 Å². The van der Waals surface area contributed by atoms with Gasteiger partial charge in [-0.05, 0) is 53.3 Å². The van der Waals surface area contributed by atoms with Gasteiger partial charge < -0.3 is 4.98 Å². The van der Waals surface area contributed by atoms with E-state index in [1.807, 2.05) is 13.0 Å². The summed E-state index contributed by atoms with van der Waals surface area (Å²) in [4.78, 5) is 13.3. The summed E-state index contributed by atoms with van der Waals surface area (Å²) in [6, 6.07) is 7.72. The van der Waals surface area contributed by atoms with Gasteiger partial charge in [0.05, 0.1) is 0 Å². The second-order valence-electron chi connectivity index (χ2n) is 3.96. The highest BCUT2D eigenvalue weighted by Crippen LogP contribution is 2.19. The number of benzene rings is 1. The predicted molar refractivity (Wildman–Crippen MR) is 81.8 cm³/mol. The van der Waals surface area contributed by atoms with Crippen LogP contribution in [0, 0.1) is 10.5 Å². The van der Waals surface area contributed by atoms with Crippen LogP contribution in [0.25, 0.3) is 0 Å². The normalized spacial score (nSPS) is 11.3. The van der Waals surface area contributed by atoms with E-state index in [4.69, 9.17) is 0 Å². The van der Waals surface area contributed by atoms with Crippen molar-refractivity contribution in [2.45, 2.75) is 11.8 Å². The lowest BCUT2D eigenvalue weighted by Gasteiger charge is -2.09. The highest BCUT2D eigenvalue weighted by molar-refractivity contribution is 14.1. The number of rotatable bonds is 3. The first-order valence-electron chi connectivity index (χ1n) is 5.36. The summed E-state index contributed by atoms with van der Waals surface area (Å²) in [6.45, 7) is 1.95. The Morgan fingerprint density at radius 1 is 1.21 bits per heavy atom. The summed E-state index contributed by atoms with van der Waals surface area (Å²) in [6.07, 6.45) is 1.17. The third-order valence-electron chi connectivity index (χ3n) is 2.49. The number of pyridine rings is 1. The highest BCUT2D eigenvalue weighted by atomic mass is 127. The van der Waals surface area contributed by atoms with Gasteiger partial charge in [0.25, 0.3) is 10.0 Å². The Hall–Kier alpha value is -1.35. The molecule has 1 aromatic heterocycles. The van der Waals surface area contributed by atoms with Gasteiger partial charge in [-0.2, -0.15) is 0 Å². The molecular formula is C12H11IN2O3S. The SMILES string of the molecule is Cc1ccc(NS(=O)(=O)c2ccc(=O)[nH]c2)cc1I. The van der Waals surface area contributed by atoms with Crippen molar-refractivity contribution < 1.29 is 8.42 Å². The lowest BCUT2D eigenvalue weighted by atomic mass is 10.2. The van der Waals surface area contributed by atoms with Gasteiger partial charge in [0.15, 0.2) is 0 Å². The van der Waals surface area contributed by atoms with Gasteiger partial charge in [-0.3, -0.25) is 9.52 Å². The Labute approximate surface area is 124 Å². The first kappa shape index (κ1) is 14.1. The number of anilines is 1. The van der Waals surface area contributed by atoms with Crippen LogP contribution in [0.4, 0.5) is 5.69 Å². The third-order valence-corrected chi connectivity index (χ3v) is 5.03. The van der Waals surface area contributed by atoms with Crippen LogP contribution in [-0.2, 0) is 10.0 Å². The molecule has 0 saturated carbocycles. The van der Waals surface area contributed by atoms with Gasteiger partial charge in [0.2, 0.25) is 5.56 Å². The van der Waals surface area contributed by atoms with Crippen molar-refractivity contribution in [3.63, 3.8) is 0 Å². The van der Waals surface area contributed by atoms with Crippen LogP contribution < -0.4 is 10.3 Å². The summed E-state index contributed by atoms with van der Waals surface area (Å²) in [5.41, 5.74) is 1.22. The molecule has 0 aliphatic carbocycles. The second-order valence-corrected chi connectivity index (χ2v) is 6.80. The monoisotopic (exact) mass is 390 g/mol. The summed E-state index contributed by atoms with van der Waals surface area (Å²) < 4.78 is 27.6. The Morgan fingerprint density at radius 2 is 1.95 bits per heavy atom. The molecule has 0 saturated heterocycles. The summed E-state index contributed by atoms with van der Waals surface area (Å²) in [7, 11) is -3.68. The van der Waals surface area contributed by atoms with Crippen LogP contribution in [-0.4, -0.2) is 13.4 Å². The fraction of sp³-hybridized carbons (Fsp3) is 0.0833. The standard InChI is InChI=1S/C12H11IN2O3S/c1-8-2-3-9(6-11(8)13)15-19(17,18)10-4-5-12(16)14-7-10/h2-7,15H,1H3,(H,14,16). The van der Waals surface area contributed by atoms with E-state index in [1.54, 1.807) is 12.1 Å². The smallest absolute Gasteiger partial charge is 0.263 e. The molecule has 0 unspecified atom stereocenters. The molecule has 1 aromatic carbocycles. The number of hydrogen-bond donors (Lipinski definition) is 2. The number of sulfonamides is 1. The zero-order chi connectivity index (χ0) is 14.0. The van der Waals surface area contributed by atoms with Crippen molar-refractivity contribution in [1.29, 1.82) is 0 Å². The number of nitrogens with one attached hydrogen (secondary N) is 2. The zero-order valence-corrected chi connectivity index (χ0v) is 12.9. The molecule has 0 spiro atoms. The molecule has 0 aliphatic rings.